The molecule has 3 atom stereocenters. The maximum atomic E-state index is 12.9. The number of fused-ring (bicyclic) bond motifs is 3. The predicted molar refractivity (Wildman–Crippen MR) is 113 cm³/mol. The highest BCUT2D eigenvalue weighted by atomic mass is 35.5. The first kappa shape index (κ1) is 22.3. The number of methoxy groups -OCH3 is 3. The number of ether oxygens (including phenoxy) is 6. The number of esters is 1. The average molecular weight is 467 g/mol. The number of hydrogen-bond donors (Lipinski definition) is 1. The Labute approximate surface area is 191 Å². The number of cyclic esters (lactones) is 1. The standard InChI is InChI=1S/C22H24NO8.ClH/c1-23(25)8-7-11-9-14-20(30-10-29-14)21(28-4)15(11)17(23)18-12-5-6-13(26-2)19(27-3)16(12)22(24)31-18;/h5-6,9,17-18,25H,7-8,10H2,1-4H3;1H/q+1;. The minimum atomic E-state index is -0.759. The van der Waals surface area contributed by atoms with Crippen molar-refractivity contribution in [3.63, 3.8) is 0 Å². The summed E-state index contributed by atoms with van der Waals surface area (Å²) in [5.41, 5.74) is 2.63. The van der Waals surface area contributed by atoms with E-state index in [0.717, 1.165) is 11.1 Å². The van der Waals surface area contributed by atoms with Gasteiger partial charge in [0, 0.05) is 12.0 Å². The van der Waals surface area contributed by atoms with Gasteiger partial charge in [0.1, 0.15) is 12.1 Å². The molecule has 2 aromatic rings. The summed E-state index contributed by atoms with van der Waals surface area (Å²) < 4.78 is 33.2. The molecule has 0 saturated heterocycles. The second-order valence-corrected chi connectivity index (χ2v) is 7.94. The van der Waals surface area contributed by atoms with E-state index in [1.807, 2.05) is 6.07 Å². The molecule has 0 amide bonds. The fourth-order valence-electron chi connectivity index (χ4n) is 4.88. The molecule has 9 nitrogen and oxygen atoms in total. The van der Waals surface area contributed by atoms with Crippen molar-refractivity contribution in [1.29, 1.82) is 0 Å². The van der Waals surface area contributed by atoms with Gasteiger partial charge in [-0.2, -0.15) is 4.65 Å². The molecule has 10 heteroatoms. The van der Waals surface area contributed by atoms with Gasteiger partial charge in [0.2, 0.25) is 12.5 Å². The maximum absolute atomic E-state index is 12.9. The molecule has 2 aromatic carbocycles. The minimum Gasteiger partial charge on any atom is -0.493 e. The summed E-state index contributed by atoms with van der Waals surface area (Å²) in [5.74, 6) is 1.81. The number of quaternary nitrogens is 1. The van der Waals surface area contributed by atoms with Crippen LogP contribution < -0.4 is 23.7 Å². The number of hydrogen-bond acceptors (Lipinski definition) is 8. The van der Waals surface area contributed by atoms with Gasteiger partial charge in [-0.1, -0.05) is 6.07 Å². The number of benzene rings is 2. The largest absolute Gasteiger partial charge is 0.493 e. The number of rotatable bonds is 4. The lowest BCUT2D eigenvalue weighted by atomic mass is 9.85. The van der Waals surface area contributed by atoms with E-state index in [4.69, 9.17) is 28.4 Å². The van der Waals surface area contributed by atoms with Crippen LogP contribution >= 0.6 is 12.4 Å². The third kappa shape index (κ3) is 3.03. The van der Waals surface area contributed by atoms with Gasteiger partial charge in [0.15, 0.2) is 35.1 Å². The number of nitrogens with zero attached hydrogens (tertiary/aromatic N) is 1. The van der Waals surface area contributed by atoms with Crippen LogP contribution in [0.5, 0.6) is 28.7 Å². The van der Waals surface area contributed by atoms with Crippen molar-refractivity contribution in [3.8, 4) is 28.7 Å². The fourth-order valence-corrected chi connectivity index (χ4v) is 4.88. The molecule has 32 heavy (non-hydrogen) atoms. The molecular formula is C22H25ClNO8+. The number of hydroxylamine groups is 3. The Morgan fingerprint density at radius 2 is 1.84 bits per heavy atom. The van der Waals surface area contributed by atoms with Crippen LogP contribution in [0.4, 0.5) is 0 Å². The Bertz CT molecular complexity index is 1090. The molecule has 0 aromatic heterocycles. The Kier molecular flexibility index (Phi) is 5.52. The number of halogens is 1. The van der Waals surface area contributed by atoms with E-state index in [1.54, 1.807) is 26.3 Å². The lowest BCUT2D eigenvalue weighted by Crippen LogP contribution is -2.50. The molecule has 3 unspecified atom stereocenters. The van der Waals surface area contributed by atoms with E-state index >= 15 is 0 Å². The van der Waals surface area contributed by atoms with Crippen LogP contribution in [-0.2, 0) is 11.2 Å². The normalized spacial score (nSPS) is 24.7. The third-order valence-corrected chi connectivity index (χ3v) is 6.29. The summed E-state index contributed by atoms with van der Waals surface area (Å²) in [6.45, 7) is 0.528. The van der Waals surface area contributed by atoms with Crippen molar-refractivity contribution in [2.75, 3.05) is 41.7 Å². The Hall–Kier alpha value is -2.88. The van der Waals surface area contributed by atoms with Crippen LogP contribution in [0.1, 0.15) is 39.2 Å². The molecule has 0 fully saturated rings. The smallest absolute Gasteiger partial charge is 0.343 e. The molecule has 172 valence electrons. The van der Waals surface area contributed by atoms with Gasteiger partial charge in [0.25, 0.3) is 0 Å². The fraction of sp³-hybridized carbons (Fsp3) is 0.409. The van der Waals surface area contributed by atoms with Gasteiger partial charge in [0.05, 0.1) is 33.9 Å². The molecule has 0 bridgehead atoms. The summed E-state index contributed by atoms with van der Waals surface area (Å²) in [4.78, 5) is 12.9. The van der Waals surface area contributed by atoms with Crippen molar-refractivity contribution in [3.05, 3.63) is 40.5 Å². The lowest BCUT2D eigenvalue weighted by Gasteiger charge is -2.41. The number of carbonyl (C=O) groups excluding carboxylic acids is 1. The van der Waals surface area contributed by atoms with Crippen LogP contribution in [-0.4, -0.2) is 57.5 Å². The zero-order chi connectivity index (χ0) is 21.9. The van der Waals surface area contributed by atoms with Crippen LogP contribution in [0.25, 0.3) is 0 Å². The van der Waals surface area contributed by atoms with E-state index in [-0.39, 0.29) is 23.8 Å². The number of carbonyl (C=O) groups is 1. The zero-order valence-corrected chi connectivity index (χ0v) is 19.0. The van der Waals surface area contributed by atoms with Crippen LogP contribution in [0, 0.1) is 0 Å². The molecule has 3 aliphatic heterocycles. The number of likely N-dealkylation sites (N-methyl/N-ethyl adjacent to an activating group) is 1. The van der Waals surface area contributed by atoms with Gasteiger partial charge in [-0.3, -0.25) is 0 Å². The molecule has 3 heterocycles. The summed E-state index contributed by atoms with van der Waals surface area (Å²) in [6.07, 6.45) is -0.156. The first-order chi connectivity index (χ1) is 14.9. The third-order valence-electron chi connectivity index (χ3n) is 6.29. The summed E-state index contributed by atoms with van der Waals surface area (Å²) >= 11 is 0. The first-order valence-electron chi connectivity index (χ1n) is 9.94. The molecule has 0 saturated carbocycles. The van der Waals surface area contributed by atoms with Crippen LogP contribution in [0.3, 0.4) is 0 Å². The van der Waals surface area contributed by atoms with Gasteiger partial charge in [-0.05, 0) is 17.7 Å². The van der Waals surface area contributed by atoms with E-state index in [1.165, 1.54) is 14.2 Å². The van der Waals surface area contributed by atoms with Crippen molar-refractivity contribution in [1.82, 2.24) is 0 Å². The monoisotopic (exact) mass is 466 g/mol. The van der Waals surface area contributed by atoms with E-state index < -0.39 is 18.1 Å². The Morgan fingerprint density at radius 3 is 2.53 bits per heavy atom. The summed E-state index contributed by atoms with van der Waals surface area (Å²) in [6, 6.07) is 4.78. The van der Waals surface area contributed by atoms with Crippen LogP contribution in [0.15, 0.2) is 18.2 Å². The van der Waals surface area contributed by atoms with Gasteiger partial charge < -0.3 is 28.4 Å². The quantitative estimate of drug-likeness (QED) is 0.542. The van der Waals surface area contributed by atoms with Crippen LogP contribution in [0.2, 0.25) is 0 Å². The van der Waals surface area contributed by atoms with Crippen molar-refractivity contribution < 1.29 is 43.1 Å². The predicted octanol–water partition coefficient (Wildman–Crippen LogP) is 3.21. The Morgan fingerprint density at radius 1 is 1.09 bits per heavy atom. The van der Waals surface area contributed by atoms with E-state index in [9.17, 15) is 10.0 Å². The highest BCUT2D eigenvalue weighted by molar-refractivity contribution is 5.98. The molecular weight excluding hydrogens is 442 g/mol. The highest BCUT2D eigenvalue weighted by Crippen LogP contribution is 2.56. The van der Waals surface area contributed by atoms with Crippen molar-refractivity contribution in [2.24, 2.45) is 0 Å². The first-order valence-corrected chi connectivity index (χ1v) is 9.94. The van der Waals surface area contributed by atoms with E-state index in [2.05, 4.69) is 0 Å². The van der Waals surface area contributed by atoms with Crippen molar-refractivity contribution >= 4 is 18.4 Å². The SMILES string of the molecule is COc1ccc2c(c1OC)C(=O)OC2C1c2c(cc3c(c2OC)OCO3)CC[N+]1(C)O.Cl. The molecule has 0 radical (unpaired) electrons. The second-order valence-electron chi connectivity index (χ2n) is 7.94. The summed E-state index contributed by atoms with van der Waals surface area (Å²) in [5, 5.41) is 11.4. The van der Waals surface area contributed by atoms with Gasteiger partial charge in [-0.15, -0.1) is 12.4 Å². The molecule has 1 N–H and O–H groups in total. The minimum absolute atomic E-state index is 0. The van der Waals surface area contributed by atoms with Gasteiger partial charge >= 0.3 is 5.97 Å². The molecule has 3 aliphatic rings. The zero-order valence-electron chi connectivity index (χ0n) is 18.2. The second kappa shape index (κ2) is 7.91. The lowest BCUT2D eigenvalue weighted by molar-refractivity contribution is -1.11. The maximum Gasteiger partial charge on any atom is 0.343 e. The highest BCUT2D eigenvalue weighted by Gasteiger charge is 2.53. The van der Waals surface area contributed by atoms with Crippen molar-refractivity contribution in [2.45, 2.75) is 18.6 Å². The summed E-state index contributed by atoms with van der Waals surface area (Å²) in [7, 11) is 6.23. The molecule has 0 aliphatic carbocycles. The molecule has 5 rings (SSSR count). The topological polar surface area (TPSA) is 92.7 Å². The van der Waals surface area contributed by atoms with E-state index in [0.29, 0.717) is 52.8 Å². The average Bonchev–Trinajstić information content (AvgIpc) is 3.35. The molecule has 0 spiro atoms. The Balaban J connectivity index is 0.00000245. The van der Waals surface area contributed by atoms with Gasteiger partial charge in [-0.25, -0.2) is 10.0 Å².